The highest BCUT2D eigenvalue weighted by Gasteiger charge is 2.51. The van der Waals surface area contributed by atoms with Crippen LogP contribution in [0.3, 0.4) is 0 Å². The second-order valence-corrected chi connectivity index (χ2v) is 16.6. The molecule has 1 aromatic heterocycles. The maximum Gasteiger partial charge on any atom is 0.143 e. The van der Waals surface area contributed by atoms with Gasteiger partial charge >= 0.3 is 0 Å². The van der Waals surface area contributed by atoms with E-state index in [1.807, 2.05) is 0 Å². The first-order valence-electron chi connectivity index (χ1n) is 39.9. The Bertz CT molecular complexity index is 6250. The molecule has 0 bridgehead atoms. The number of anilines is 3. The minimum atomic E-state index is -4.01. The van der Waals surface area contributed by atoms with Crippen LogP contribution in [0.25, 0.3) is 88.3 Å². The molecular weight excluding hydrogens is 847 g/mol. The van der Waals surface area contributed by atoms with Gasteiger partial charge in [0.05, 0.1) is 47.9 Å². The van der Waals surface area contributed by atoms with Crippen LogP contribution in [-0.2, 0) is 10.8 Å². The van der Waals surface area contributed by atoms with Crippen molar-refractivity contribution in [2.45, 2.75) is 24.5 Å². The van der Waals surface area contributed by atoms with E-state index in [-0.39, 0.29) is 38.6 Å². The maximum absolute atomic E-state index is 11.0. The summed E-state index contributed by atoms with van der Waals surface area (Å²) in [6.07, 6.45) is 0. The van der Waals surface area contributed by atoms with Crippen LogP contribution in [0.4, 0.5) is 17.1 Å². The molecule has 1 unspecified atom stereocenters. The van der Waals surface area contributed by atoms with Crippen molar-refractivity contribution < 1.29 is 55.1 Å². The molecule has 70 heavy (non-hydrogen) atoms. The van der Waals surface area contributed by atoms with Crippen molar-refractivity contribution in [2.24, 2.45) is 0 Å². The van der Waals surface area contributed by atoms with Crippen LogP contribution in [-0.4, -0.2) is 0 Å². The summed E-state index contributed by atoms with van der Waals surface area (Å²) in [6, 6.07) is -19.9. The van der Waals surface area contributed by atoms with Crippen LogP contribution in [0.2, 0.25) is 0 Å². The Morgan fingerprint density at radius 1 is 0.386 bits per heavy atom. The molecule has 0 aliphatic heterocycles. The van der Waals surface area contributed by atoms with Gasteiger partial charge in [0.1, 0.15) is 11.2 Å². The molecule has 0 saturated heterocycles. The van der Waals surface area contributed by atoms with Crippen molar-refractivity contribution in [1.29, 1.82) is 0 Å². The van der Waals surface area contributed by atoms with E-state index >= 15 is 0 Å². The molecule has 328 valence electrons. The number of hydrogen-bond donors (Lipinski definition) is 0. The molecule has 1 heterocycles. The zero-order chi connectivity index (χ0) is 78.3. The molecule has 3 aliphatic carbocycles. The lowest BCUT2D eigenvalue weighted by Gasteiger charge is -2.32. The Balaban J connectivity index is 1.14. The van der Waals surface area contributed by atoms with E-state index in [2.05, 4.69) is 0 Å². The van der Waals surface area contributed by atoms with Crippen LogP contribution in [0, 0.1) is 0 Å². The molecule has 1 spiro atoms. The number of benzene rings is 11. The van der Waals surface area contributed by atoms with Crippen LogP contribution in [0.1, 0.15) is 97.8 Å². The van der Waals surface area contributed by atoms with E-state index in [0.29, 0.717) is 11.0 Å². The zero-order valence-corrected chi connectivity index (χ0v) is 35.5. The molecule has 2 nitrogen and oxygen atoms in total. The number of furan rings is 1. The Kier molecular flexibility index (Phi) is 3.63. The predicted octanol–water partition coefficient (Wildman–Crippen LogP) is 18.2. The highest BCUT2D eigenvalue weighted by atomic mass is 16.3. The standard InChI is InChI=1S/C68H45NO/c1-67(2)58-25-10-5-18-49(58)53-38-35-45(40-62(53)67)69(46-36-39-54-52-21-8-13-28-61(52)68(63(54)41-46)59-26-11-6-19-50(59)51-20-7-12-27-60(51)68)44-33-30-43(31-34-44)48-37-32-42-16-3-4-17-47(42)65(48)57-24-15-23-56-55-22-9-14-29-64(55)70-66(56)57/h3-41H,1-2H3/i1D3,2D3,3D,4D,5D,6D,7D,8D,9D,10D,11D,12D,13D,14D,15D,16D,17D,18D,19D,20D,21D,24D,25D,26D,29D,30D,31D,32D,33D,36D,38D,40D,41D. The van der Waals surface area contributed by atoms with Crippen molar-refractivity contribution in [3.8, 4) is 55.6 Å². The van der Waals surface area contributed by atoms with Crippen molar-refractivity contribution in [1.82, 2.24) is 0 Å². The lowest BCUT2D eigenvalue weighted by atomic mass is 9.70. The number of rotatable bonds is 5. The number of nitrogens with zero attached hydrogens (tertiary/aromatic N) is 1. The van der Waals surface area contributed by atoms with Gasteiger partial charge in [-0.3, -0.25) is 0 Å². The summed E-state index contributed by atoms with van der Waals surface area (Å²) in [5.41, 5.74) is -19.9. The van der Waals surface area contributed by atoms with Gasteiger partial charge in [-0.2, -0.15) is 0 Å². The maximum atomic E-state index is 11.0. The Morgan fingerprint density at radius 2 is 1.01 bits per heavy atom. The Morgan fingerprint density at radius 3 is 1.86 bits per heavy atom. The fourth-order valence-corrected chi connectivity index (χ4v) is 10.3. The lowest BCUT2D eigenvalue weighted by molar-refractivity contribution is 0.660. The van der Waals surface area contributed by atoms with Crippen LogP contribution < -0.4 is 4.90 Å². The van der Waals surface area contributed by atoms with E-state index < -0.39 is 312 Å². The first-order valence-corrected chi connectivity index (χ1v) is 21.4. The molecule has 15 rings (SSSR count). The number of para-hydroxylation sites is 2. The predicted molar refractivity (Wildman–Crippen MR) is 291 cm³/mol. The van der Waals surface area contributed by atoms with Crippen molar-refractivity contribution in [3.05, 3.63) is 269 Å². The van der Waals surface area contributed by atoms with Crippen molar-refractivity contribution in [3.63, 3.8) is 0 Å². The summed E-state index contributed by atoms with van der Waals surface area (Å²) in [5.74, 6) is 0. The van der Waals surface area contributed by atoms with Crippen LogP contribution in [0.15, 0.2) is 240 Å². The average Bonchev–Trinajstić information content (AvgIpc) is 1.47. The van der Waals surface area contributed by atoms with E-state index in [1.165, 1.54) is 0 Å². The average molecular weight is 929 g/mol. The van der Waals surface area contributed by atoms with E-state index in [4.69, 9.17) is 23.6 Å². The van der Waals surface area contributed by atoms with Crippen LogP contribution in [0.5, 0.6) is 0 Å². The summed E-state index contributed by atoms with van der Waals surface area (Å²) < 4.78 is 353. The van der Waals surface area contributed by atoms with E-state index in [1.54, 1.807) is 0 Å². The van der Waals surface area contributed by atoms with Gasteiger partial charge in [-0.25, -0.2) is 0 Å². The third-order valence-corrected chi connectivity index (χ3v) is 13.2. The molecule has 2 heteroatoms. The number of fused-ring (bicyclic) bond motifs is 17. The first-order chi connectivity index (χ1) is 49.8. The summed E-state index contributed by atoms with van der Waals surface area (Å²) in [4.78, 5) is 0.589. The fraction of sp³-hybridized carbons (Fsp3) is 0.0588. The molecule has 0 N–H and O–H groups in total. The quantitative estimate of drug-likeness (QED) is 0.171. The zero-order valence-electron chi connectivity index (χ0n) is 72.5. The Labute approximate surface area is 459 Å². The third kappa shape index (κ3) is 5.23. The second kappa shape index (κ2) is 14.4. The first kappa shape index (κ1) is 17.7. The molecule has 11 aromatic carbocycles. The van der Waals surface area contributed by atoms with Crippen LogP contribution >= 0.6 is 0 Å². The Hall–Kier alpha value is -8.72. The molecule has 0 radical (unpaired) electrons. The largest absolute Gasteiger partial charge is 0.455 e. The normalized spacial score (nSPS) is 23.3. The summed E-state index contributed by atoms with van der Waals surface area (Å²) >= 11 is 0. The van der Waals surface area contributed by atoms with Gasteiger partial charge in [-0.05, 0) is 131 Å². The van der Waals surface area contributed by atoms with Crippen molar-refractivity contribution >= 4 is 49.8 Å². The molecule has 0 amide bonds. The van der Waals surface area contributed by atoms with Gasteiger partial charge in [-0.1, -0.05) is 207 Å². The lowest BCUT2D eigenvalue weighted by Crippen LogP contribution is -2.26. The molecular formula is C68H45NO. The smallest absolute Gasteiger partial charge is 0.143 e. The highest BCUT2D eigenvalue weighted by molar-refractivity contribution is 6.15. The van der Waals surface area contributed by atoms with Gasteiger partial charge in [0.2, 0.25) is 0 Å². The molecule has 12 aromatic rings. The molecule has 1 atom stereocenters. The van der Waals surface area contributed by atoms with Gasteiger partial charge in [0.15, 0.2) is 0 Å². The molecule has 3 aliphatic rings. The van der Waals surface area contributed by atoms with Gasteiger partial charge in [0.25, 0.3) is 0 Å². The second-order valence-electron chi connectivity index (χ2n) is 16.6. The van der Waals surface area contributed by atoms with Crippen molar-refractivity contribution in [2.75, 3.05) is 4.90 Å². The SMILES string of the molecule is [2H]c1cc2c(c([2H])c1[2H])-c1cc([2H])c(N(c3cc([2H])c(-c4cc([2H])c5c([2H])c([2H])c([2H])c([2H])c5c4-c4c([2H])c([2H])cc5c4oc4c([2H])c([2H])c([2H])cc45)c([2H])c3[2H])c3cc([2H])c4c(c3[2H])C(C([2H])([2H])[2H])(C([2H])([2H])[2H])c3c([2H])c([2H])c([2H])c([2H])c3-4)c([2H])c1C21c2cc([2H])c([2H])c([2H])c2-c2c([2H])c([2H])c([2H])c([2H])c21. The minimum Gasteiger partial charge on any atom is -0.455 e. The van der Waals surface area contributed by atoms with E-state index in [0.717, 1.165) is 42.5 Å². The summed E-state index contributed by atoms with van der Waals surface area (Å²) in [5, 5.41) is -1.25. The summed E-state index contributed by atoms with van der Waals surface area (Å²) in [6.45, 7) is -8.03. The van der Waals surface area contributed by atoms with E-state index in [9.17, 15) is 31.5 Å². The van der Waals surface area contributed by atoms with Gasteiger partial charge in [-0.15, -0.1) is 0 Å². The van der Waals surface area contributed by atoms with Gasteiger partial charge in [0, 0.05) is 52.6 Å². The minimum absolute atomic E-state index is 0.0373. The number of hydrogen-bond acceptors (Lipinski definition) is 2. The monoisotopic (exact) mass is 929 g/mol. The van der Waals surface area contributed by atoms with Gasteiger partial charge < -0.3 is 9.32 Å². The fourth-order valence-electron chi connectivity index (χ4n) is 10.3. The highest BCUT2D eigenvalue weighted by Crippen LogP contribution is 2.63. The third-order valence-electron chi connectivity index (χ3n) is 13.2. The molecule has 0 fully saturated rings. The molecule has 0 saturated carbocycles. The topological polar surface area (TPSA) is 16.4 Å². The summed E-state index contributed by atoms with van der Waals surface area (Å²) in [7, 11) is 0.